The number of hydrogen-bond donors (Lipinski definition) is 0. The van der Waals surface area contributed by atoms with Gasteiger partial charge < -0.3 is 0 Å². The number of hydrogen-bond acceptors (Lipinski definition) is 3. The van der Waals surface area contributed by atoms with Crippen LogP contribution in [0, 0.1) is 12.8 Å². The molecule has 0 bridgehead atoms. The van der Waals surface area contributed by atoms with E-state index in [1.165, 1.54) is 0 Å². The summed E-state index contributed by atoms with van der Waals surface area (Å²) >= 11 is 6.33. The minimum Gasteiger partial charge on any atom is -0.300 e. The number of likely N-dealkylation sites (tertiary alicyclic amines) is 1. The van der Waals surface area contributed by atoms with Crippen LogP contribution in [0.25, 0.3) is 0 Å². The highest BCUT2D eigenvalue weighted by atomic mass is 35.5. The Morgan fingerprint density at radius 1 is 1.53 bits per heavy atom. The molecular formula is C14H22ClN3O. The molecule has 1 fully saturated rings. The van der Waals surface area contributed by atoms with Crippen LogP contribution in [-0.4, -0.2) is 33.6 Å². The lowest BCUT2D eigenvalue weighted by atomic mass is 9.94. The van der Waals surface area contributed by atoms with E-state index < -0.39 is 0 Å². The molecule has 0 saturated carbocycles. The van der Waals surface area contributed by atoms with Gasteiger partial charge in [-0.1, -0.05) is 11.6 Å². The molecule has 0 spiro atoms. The summed E-state index contributed by atoms with van der Waals surface area (Å²) in [6, 6.07) is 0. The van der Waals surface area contributed by atoms with E-state index in [-0.39, 0.29) is 5.92 Å². The van der Waals surface area contributed by atoms with Crippen molar-refractivity contribution in [2.75, 3.05) is 13.1 Å². The number of halogens is 1. The molecule has 106 valence electrons. The lowest BCUT2D eigenvalue weighted by molar-refractivity contribution is -0.122. The van der Waals surface area contributed by atoms with Gasteiger partial charge in [-0.05, 0) is 40.2 Å². The third-order valence-electron chi connectivity index (χ3n) is 3.91. The monoisotopic (exact) mass is 283 g/mol. The van der Waals surface area contributed by atoms with E-state index in [1.54, 1.807) is 6.92 Å². The molecule has 1 unspecified atom stereocenters. The Labute approximate surface area is 119 Å². The minimum atomic E-state index is 0.187. The number of piperidine rings is 1. The Morgan fingerprint density at radius 3 is 2.89 bits per heavy atom. The van der Waals surface area contributed by atoms with E-state index >= 15 is 0 Å². The van der Waals surface area contributed by atoms with Crippen molar-refractivity contribution in [1.82, 2.24) is 14.7 Å². The fourth-order valence-electron chi connectivity index (χ4n) is 2.76. The number of aromatic nitrogens is 2. The van der Waals surface area contributed by atoms with Gasteiger partial charge in [0.15, 0.2) is 0 Å². The van der Waals surface area contributed by atoms with Gasteiger partial charge in [-0.25, -0.2) is 0 Å². The summed E-state index contributed by atoms with van der Waals surface area (Å²) in [7, 11) is 0. The molecule has 1 saturated heterocycles. The first-order valence-corrected chi connectivity index (χ1v) is 7.35. The van der Waals surface area contributed by atoms with E-state index in [4.69, 9.17) is 11.6 Å². The number of Topliss-reactive ketones (excluding diaryl/α,β-unsaturated/α-hetero) is 1. The summed E-state index contributed by atoms with van der Waals surface area (Å²) in [5.74, 6) is 0.489. The van der Waals surface area contributed by atoms with Crippen molar-refractivity contribution in [2.45, 2.75) is 46.7 Å². The topological polar surface area (TPSA) is 38.1 Å². The first kappa shape index (κ1) is 14.5. The molecule has 1 aromatic heterocycles. The molecule has 0 radical (unpaired) electrons. The van der Waals surface area contributed by atoms with Crippen molar-refractivity contribution in [2.24, 2.45) is 5.92 Å². The molecule has 1 aliphatic rings. The van der Waals surface area contributed by atoms with Crippen molar-refractivity contribution in [3.05, 3.63) is 16.4 Å². The smallest absolute Gasteiger partial charge is 0.134 e. The highest BCUT2D eigenvalue weighted by Crippen LogP contribution is 2.24. The van der Waals surface area contributed by atoms with E-state index in [1.807, 2.05) is 11.6 Å². The van der Waals surface area contributed by atoms with Crippen molar-refractivity contribution in [3.8, 4) is 0 Å². The SMILES string of the molecule is CCn1nc(C)c(Cl)c1CN1CCCC(C(C)=O)C1. The average molecular weight is 284 g/mol. The maximum atomic E-state index is 11.5. The Kier molecular flexibility index (Phi) is 4.63. The van der Waals surface area contributed by atoms with Crippen molar-refractivity contribution >= 4 is 17.4 Å². The zero-order valence-electron chi connectivity index (χ0n) is 11.9. The highest BCUT2D eigenvalue weighted by Gasteiger charge is 2.25. The lowest BCUT2D eigenvalue weighted by Gasteiger charge is -2.31. The average Bonchev–Trinajstić information content (AvgIpc) is 2.67. The third-order valence-corrected chi connectivity index (χ3v) is 4.40. The number of ketones is 1. The van der Waals surface area contributed by atoms with E-state index in [0.717, 1.165) is 55.4 Å². The fraction of sp³-hybridized carbons (Fsp3) is 0.714. The van der Waals surface area contributed by atoms with Gasteiger partial charge in [-0.2, -0.15) is 5.10 Å². The maximum Gasteiger partial charge on any atom is 0.134 e. The molecule has 2 heterocycles. The quantitative estimate of drug-likeness (QED) is 0.853. The number of carbonyl (C=O) groups is 1. The van der Waals surface area contributed by atoms with Crippen LogP contribution >= 0.6 is 11.6 Å². The molecule has 4 nitrogen and oxygen atoms in total. The molecule has 0 N–H and O–H groups in total. The van der Waals surface area contributed by atoms with Crippen molar-refractivity contribution in [3.63, 3.8) is 0 Å². The van der Waals surface area contributed by atoms with Crippen LogP contribution in [0.3, 0.4) is 0 Å². The highest BCUT2D eigenvalue weighted by molar-refractivity contribution is 6.31. The first-order valence-electron chi connectivity index (χ1n) is 6.97. The number of aryl methyl sites for hydroxylation is 2. The second-order valence-electron chi connectivity index (χ2n) is 5.35. The van der Waals surface area contributed by atoms with Crippen LogP contribution in [-0.2, 0) is 17.9 Å². The Morgan fingerprint density at radius 2 is 2.26 bits per heavy atom. The zero-order valence-corrected chi connectivity index (χ0v) is 12.7. The summed E-state index contributed by atoms with van der Waals surface area (Å²) in [4.78, 5) is 13.8. The second-order valence-corrected chi connectivity index (χ2v) is 5.72. The Bertz CT molecular complexity index is 470. The van der Waals surface area contributed by atoms with Crippen molar-refractivity contribution in [1.29, 1.82) is 0 Å². The third kappa shape index (κ3) is 3.18. The standard InChI is InChI=1S/C14H22ClN3O/c1-4-18-13(14(15)10(2)16-18)9-17-7-5-6-12(8-17)11(3)19/h12H,4-9H2,1-3H3. The molecule has 0 aliphatic carbocycles. The fourth-order valence-corrected chi connectivity index (χ4v) is 2.96. The van der Waals surface area contributed by atoms with Gasteiger partial charge in [0.2, 0.25) is 0 Å². The Hall–Kier alpha value is -0.870. The molecule has 0 amide bonds. The van der Waals surface area contributed by atoms with Crippen LogP contribution in [0.15, 0.2) is 0 Å². The largest absolute Gasteiger partial charge is 0.300 e. The summed E-state index contributed by atoms with van der Waals surface area (Å²) in [6.07, 6.45) is 2.10. The second kappa shape index (κ2) is 6.06. The predicted octanol–water partition coefficient (Wildman–Crippen LogP) is 2.67. The van der Waals surface area contributed by atoms with Crippen molar-refractivity contribution < 1.29 is 4.79 Å². The minimum absolute atomic E-state index is 0.187. The summed E-state index contributed by atoms with van der Waals surface area (Å²) in [5.41, 5.74) is 1.96. The molecule has 1 aromatic rings. The van der Waals surface area contributed by atoms with Crippen LogP contribution in [0.5, 0.6) is 0 Å². The van der Waals surface area contributed by atoms with Crippen LogP contribution in [0.1, 0.15) is 38.1 Å². The van der Waals surface area contributed by atoms with E-state index in [9.17, 15) is 4.79 Å². The zero-order chi connectivity index (χ0) is 14.0. The summed E-state index contributed by atoms with van der Waals surface area (Å²) in [5, 5.41) is 5.21. The number of nitrogens with zero attached hydrogens (tertiary/aromatic N) is 3. The van der Waals surface area contributed by atoms with Crippen LogP contribution < -0.4 is 0 Å². The molecule has 0 aromatic carbocycles. The molecule has 1 atom stereocenters. The van der Waals surface area contributed by atoms with Gasteiger partial charge in [-0.15, -0.1) is 0 Å². The lowest BCUT2D eigenvalue weighted by Crippen LogP contribution is -2.38. The summed E-state index contributed by atoms with van der Waals surface area (Å²) in [6.45, 7) is 9.20. The molecule has 1 aliphatic heterocycles. The molecular weight excluding hydrogens is 262 g/mol. The first-order chi connectivity index (χ1) is 9.02. The number of rotatable bonds is 4. The van der Waals surface area contributed by atoms with Gasteiger partial charge in [0.1, 0.15) is 5.78 Å². The normalized spacial score (nSPS) is 20.7. The Balaban J connectivity index is 2.10. The van der Waals surface area contributed by atoms with Crippen LogP contribution in [0.2, 0.25) is 5.02 Å². The molecule has 5 heteroatoms. The van der Waals surface area contributed by atoms with Gasteiger partial charge in [-0.3, -0.25) is 14.4 Å². The van der Waals surface area contributed by atoms with Gasteiger partial charge in [0.05, 0.1) is 16.4 Å². The number of carbonyl (C=O) groups excluding carboxylic acids is 1. The molecule has 19 heavy (non-hydrogen) atoms. The van der Waals surface area contributed by atoms with E-state index in [2.05, 4.69) is 16.9 Å². The molecule has 2 rings (SSSR count). The predicted molar refractivity (Wildman–Crippen MR) is 76.3 cm³/mol. The van der Waals surface area contributed by atoms with Gasteiger partial charge in [0.25, 0.3) is 0 Å². The maximum absolute atomic E-state index is 11.5. The van der Waals surface area contributed by atoms with Crippen LogP contribution in [0.4, 0.5) is 0 Å². The van der Waals surface area contributed by atoms with Gasteiger partial charge >= 0.3 is 0 Å². The van der Waals surface area contributed by atoms with Gasteiger partial charge in [0, 0.05) is 25.6 Å². The van der Waals surface area contributed by atoms with E-state index in [0.29, 0.717) is 5.78 Å². The summed E-state index contributed by atoms with van der Waals surface area (Å²) < 4.78 is 1.97.